The van der Waals surface area contributed by atoms with Crippen molar-refractivity contribution < 1.29 is 24.2 Å². The first-order valence-electron chi connectivity index (χ1n) is 7.92. The summed E-state index contributed by atoms with van der Waals surface area (Å²) in [6.45, 7) is 5.34. The number of ether oxygens (including phenoxy) is 1. The van der Waals surface area contributed by atoms with E-state index in [1.54, 1.807) is 26.0 Å². The van der Waals surface area contributed by atoms with Crippen LogP contribution < -0.4 is 10.1 Å². The van der Waals surface area contributed by atoms with Gasteiger partial charge in [0.2, 0.25) is 5.91 Å². The minimum atomic E-state index is -1.03. The van der Waals surface area contributed by atoms with Gasteiger partial charge in [-0.3, -0.25) is 9.59 Å². The van der Waals surface area contributed by atoms with Crippen LogP contribution in [0.4, 0.5) is 0 Å². The molecule has 2 aliphatic rings. The zero-order valence-corrected chi connectivity index (χ0v) is 15.0. The second-order valence-corrected chi connectivity index (χ2v) is 8.52. The number of aliphatic carboxylic acids is 1. The number of carbonyl (C=O) groups excluding carboxylic acids is 2. The average Bonchev–Trinajstić information content (AvgIpc) is 2.80. The number of nitrogens with zero attached hydrogens (tertiary/aromatic N) is 1. The normalized spacial score (nSPS) is 26.6. The summed E-state index contributed by atoms with van der Waals surface area (Å²) in [6.07, 6.45) is 0. The van der Waals surface area contributed by atoms with Gasteiger partial charge in [-0.15, -0.1) is 11.8 Å². The first-order valence-corrected chi connectivity index (χ1v) is 8.80. The van der Waals surface area contributed by atoms with Crippen molar-refractivity contribution in [1.29, 1.82) is 0 Å². The Morgan fingerprint density at radius 1 is 1.32 bits per heavy atom. The molecule has 8 heteroatoms. The monoisotopic (exact) mass is 364 g/mol. The summed E-state index contributed by atoms with van der Waals surface area (Å²) in [5.41, 5.74) is 1.09. The van der Waals surface area contributed by atoms with Gasteiger partial charge in [0.25, 0.3) is 5.91 Å². The maximum Gasteiger partial charge on any atom is 0.327 e. The fourth-order valence-corrected chi connectivity index (χ4v) is 4.77. The molecule has 3 atom stereocenters. The number of rotatable bonds is 5. The van der Waals surface area contributed by atoms with Gasteiger partial charge in [-0.2, -0.15) is 0 Å². The van der Waals surface area contributed by atoms with Crippen LogP contribution in [0.15, 0.2) is 24.3 Å². The quantitative estimate of drug-likeness (QED) is 0.757. The Labute approximate surface area is 149 Å². The highest BCUT2D eigenvalue weighted by Crippen LogP contribution is 2.50. The number of aryl methyl sites for hydroxylation is 1. The van der Waals surface area contributed by atoms with Crippen LogP contribution in [0.3, 0.4) is 0 Å². The van der Waals surface area contributed by atoms with Crippen molar-refractivity contribution in [1.82, 2.24) is 10.2 Å². The van der Waals surface area contributed by atoms with Crippen LogP contribution in [0, 0.1) is 6.92 Å². The fourth-order valence-electron chi connectivity index (χ4n) is 3.14. The Bertz CT molecular complexity index is 718. The molecule has 2 amide bonds. The number of fused-ring (bicyclic) bond motifs is 1. The summed E-state index contributed by atoms with van der Waals surface area (Å²) in [6, 6.07) is 5.71. The molecule has 0 spiro atoms. The lowest BCUT2D eigenvalue weighted by atomic mass is 9.96. The minimum Gasteiger partial charge on any atom is -0.484 e. The van der Waals surface area contributed by atoms with Crippen molar-refractivity contribution in [3.05, 3.63) is 29.8 Å². The van der Waals surface area contributed by atoms with Gasteiger partial charge < -0.3 is 20.1 Å². The molecule has 3 rings (SSSR count). The minimum absolute atomic E-state index is 0.198. The van der Waals surface area contributed by atoms with E-state index in [0.717, 1.165) is 5.56 Å². The van der Waals surface area contributed by atoms with Gasteiger partial charge in [0.15, 0.2) is 6.61 Å². The molecule has 25 heavy (non-hydrogen) atoms. The van der Waals surface area contributed by atoms with Crippen LogP contribution in [0.2, 0.25) is 0 Å². The molecule has 0 aromatic heterocycles. The molecule has 3 unspecified atom stereocenters. The third kappa shape index (κ3) is 3.18. The van der Waals surface area contributed by atoms with E-state index in [1.807, 2.05) is 19.1 Å². The molecule has 1 aromatic carbocycles. The summed E-state index contributed by atoms with van der Waals surface area (Å²) in [5, 5.41) is 11.7. The Balaban J connectivity index is 1.57. The van der Waals surface area contributed by atoms with Crippen LogP contribution in [0.25, 0.3) is 0 Å². The molecule has 7 nitrogen and oxygen atoms in total. The van der Waals surface area contributed by atoms with E-state index in [4.69, 9.17) is 4.74 Å². The highest BCUT2D eigenvalue weighted by molar-refractivity contribution is 8.01. The molecule has 2 heterocycles. The molecule has 2 aliphatic heterocycles. The highest BCUT2D eigenvalue weighted by Gasteiger charge is 2.64. The van der Waals surface area contributed by atoms with Gasteiger partial charge in [-0.05, 0) is 32.9 Å². The van der Waals surface area contributed by atoms with Gasteiger partial charge in [-0.1, -0.05) is 17.7 Å². The number of carboxylic acid groups (broad SMARTS) is 1. The van der Waals surface area contributed by atoms with E-state index in [-0.39, 0.29) is 17.9 Å². The van der Waals surface area contributed by atoms with Gasteiger partial charge in [0.05, 0.1) is 0 Å². The molecule has 0 aliphatic carbocycles. The fraction of sp³-hybridized carbons (Fsp3) is 0.471. The summed E-state index contributed by atoms with van der Waals surface area (Å²) >= 11 is 1.39. The first kappa shape index (κ1) is 17.6. The molecule has 1 aromatic rings. The Morgan fingerprint density at radius 3 is 2.56 bits per heavy atom. The van der Waals surface area contributed by atoms with Crippen molar-refractivity contribution in [2.45, 2.75) is 43.0 Å². The molecule has 0 bridgehead atoms. The summed E-state index contributed by atoms with van der Waals surface area (Å²) in [7, 11) is 0. The van der Waals surface area contributed by atoms with E-state index < -0.39 is 28.7 Å². The van der Waals surface area contributed by atoms with Gasteiger partial charge in [0, 0.05) is 4.75 Å². The molecule has 2 fully saturated rings. The van der Waals surface area contributed by atoms with Crippen molar-refractivity contribution >= 4 is 29.5 Å². The zero-order valence-electron chi connectivity index (χ0n) is 14.2. The summed E-state index contributed by atoms with van der Waals surface area (Å²) in [4.78, 5) is 37.1. The number of hydrogen-bond acceptors (Lipinski definition) is 5. The zero-order chi connectivity index (χ0) is 18.4. The van der Waals surface area contributed by atoms with Crippen LogP contribution in [0.1, 0.15) is 19.4 Å². The lowest BCUT2D eigenvalue weighted by Crippen LogP contribution is -2.70. The van der Waals surface area contributed by atoms with E-state index in [0.29, 0.717) is 5.75 Å². The largest absolute Gasteiger partial charge is 0.484 e. The SMILES string of the molecule is Cc1ccc(OCC(=O)NC2C(=O)N3C2SC(C)(C)C3C(=O)O)cc1. The smallest absolute Gasteiger partial charge is 0.327 e. The molecule has 2 saturated heterocycles. The maximum atomic E-state index is 12.3. The number of amides is 2. The van der Waals surface area contributed by atoms with E-state index in [2.05, 4.69) is 5.32 Å². The number of carboxylic acids is 1. The first-order chi connectivity index (χ1) is 11.7. The Morgan fingerprint density at radius 2 is 1.96 bits per heavy atom. The van der Waals surface area contributed by atoms with Crippen LogP contribution in [-0.4, -0.2) is 56.6 Å². The number of β-lactam (4-membered cyclic amide) rings is 1. The Kier molecular flexibility index (Phi) is 4.40. The van der Waals surface area contributed by atoms with Crippen molar-refractivity contribution in [2.75, 3.05) is 6.61 Å². The lowest BCUT2D eigenvalue weighted by Gasteiger charge is -2.43. The predicted molar refractivity (Wildman–Crippen MR) is 92.3 cm³/mol. The summed E-state index contributed by atoms with van der Waals surface area (Å²) in [5.74, 6) is -1.22. The van der Waals surface area contributed by atoms with Crippen LogP contribution >= 0.6 is 11.8 Å². The van der Waals surface area contributed by atoms with Crippen molar-refractivity contribution in [3.8, 4) is 5.75 Å². The summed E-state index contributed by atoms with van der Waals surface area (Å²) < 4.78 is 4.79. The molecule has 2 N–H and O–H groups in total. The third-order valence-electron chi connectivity index (χ3n) is 4.38. The second kappa shape index (κ2) is 6.25. The topological polar surface area (TPSA) is 95.9 Å². The van der Waals surface area contributed by atoms with Gasteiger partial charge >= 0.3 is 5.97 Å². The molecular weight excluding hydrogens is 344 g/mol. The van der Waals surface area contributed by atoms with Crippen LogP contribution in [-0.2, 0) is 14.4 Å². The third-order valence-corrected chi connectivity index (χ3v) is 5.95. The second-order valence-electron chi connectivity index (χ2n) is 6.75. The van der Waals surface area contributed by atoms with Crippen molar-refractivity contribution in [3.63, 3.8) is 0 Å². The molecule has 0 radical (unpaired) electrons. The molecule has 0 saturated carbocycles. The number of hydrogen-bond donors (Lipinski definition) is 2. The van der Waals surface area contributed by atoms with E-state index >= 15 is 0 Å². The van der Waals surface area contributed by atoms with Crippen molar-refractivity contribution in [2.24, 2.45) is 0 Å². The predicted octanol–water partition coefficient (Wildman–Crippen LogP) is 1.01. The maximum absolute atomic E-state index is 12.3. The Hall–Kier alpha value is -2.22. The lowest BCUT2D eigenvalue weighted by molar-refractivity contribution is -0.161. The number of carbonyl (C=O) groups is 3. The van der Waals surface area contributed by atoms with E-state index in [1.165, 1.54) is 16.7 Å². The highest BCUT2D eigenvalue weighted by atomic mass is 32.2. The van der Waals surface area contributed by atoms with Gasteiger partial charge in [0.1, 0.15) is 23.2 Å². The number of nitrogens with one attached hydrogen (secondary N) is 1. The average molecular weight is 364 g/mol. The molecule has 134 valence electrons. The number of benzene rings is 1. The van der Waals surface area contributed by atoms with Gasteiger partial charge in [-0.25, -0.2) is 4.79 Å². The van der Waals surface area contributed by atoms with Crippen LogP contribution in [0.5, 0.6) is 5.75 Å². The molecular formula is C17H20N2O5S. The number of thioether (sulfide) groups is 1. The van der Waals surface area contributed by atoms with E-state index in [9.17, 15) is 19.5 Å². The standard InChI is InChI=1S/C17H20N2O5S/c1-9-4-6-10(7-5-9)24-8-11(20)18-12-14(21)19-13(16(22)23)17(2,3)25-15(12)19/h4-7,12-13,15H,8H2,1-3H3,(H,18,20)(H,22,23).